The average molecular weight is 395 g/mol. The van der Waals surface area contributed by atoms with Crippen LogP contribution in [0, 0.1) is 5.92 Å². The van der Waals surface area contributed by atoms with Gasteiger partial charge in [-0.05, 0) is 24.8 Å². The van der Waals surface area contributed by atoms with Crippen molar-refractivity contribution in [2.75, 3.05) is 12.0 Å². The fourth-order valence-corrected chi connectivity index (χ4v) is 4.11. The lowest BCUT2D eigenvalue weighted by molar-refractivity contribution is -0.145. The van der Waals surface area contributed by atoms with Crippen molar-refractivity contribution in [2.45, 2.75) is 31.9 Å². The van der Waals surface area contributed by atoms with Crippen molar-refractivity contribution >= 4 is 40.1 Å². The van der Waals surface area contributed by atoms with Crippen molar-refractivity contribution in [3.63, 3.8) is 0 Å². The summed E-state index contributed by atoms with van der Waals surface area (Å²) >= 11 is 7.21. The number of carbonyl (C=O) groups excluding carboxylic acids is 2. The zero-order chi connectivity index (χ0) is 18.5. The molecule has 0 unspecified atom stereocenters. The summed E-state index contributed by atoms with van der Waals surface area (Å²) in [4.78, 5) is 30.3. The first-order valence-corrected chi connectivity index (χ1v) is 9.53. The van der Waals surface area contributed by atoms with Gasteiger partial charge in [0.2, 0.25) is 0 Å². The lowest BCUT2D eigenvalue weighted by atomic mass is 10.1. The fraction of sp³-hybridized carbons (Fsp3) is 0.389. The van der Waals surface area contributed by atoms with Crippen LogP contribution in [0.5, 0.6) is 0 Å². The molecule has 138 valence electrons. The molecule has 1 aliphatic rings. The Labute approximate surface area is 160 Å². The van der Waals surface area contributed by atoms with E-state index in [1.807, 2.05) is 30.3 Å². The van der Waals surface area contributed by atoms with Crippen molar-refractivity contribution in [2.24, 2.45) is 5.92 Å². The Hall–Kier alpha value is -2.12. The van der Waals surface area contributed by atoms with Gasteiger partial charge in [0.25, 0.3) is 0 Å². The molecule has 1 amide bonds. The van der Waals surface area contributed by atoms with Gasteiger partial charge >= 0.3 is 12.1 Å². The number of carbonyl (C=O) groups is 2. The first kappa shape index (κ1) is 18.7. The molecule has 1 saturated carbocycles. The van der Waals surface area contributed by atoms with Crippen molar-refractivity contribution in [3.05, 3.63) is 46.4 Å². The molecule has 1 aromatic carbocycles. The maximum Gasteiger partial charge on any atom is 0.416 e. The van der Waals surface area contributed by atoms with Gasteiger partial charge in [-0.1, -0.05) is 41.9 Å². The first-order valence-electron chi connectivity index (χ1n) is 8.27. The lowest BCUT2D eigenvalue weighted by Gasteiger charge is -2.25. The molecular formula is C18H19ClN2O4S. The van der Waals surface area contributed by atoms with Crippen molar-refractivity contribution in [1.82, 2.24) is 4.98 Å². The molecule has 1 heterocycles. The number of esters is 1. The third-order valence-electron chi connectivity index (χ3n) is 4.38. The number of methoxy groups -OCH3 is 1. The van der Waals surface area contributed by atoms with E-state index in [1.165, 1.54) is 23.3 Å². The third kappa shape index (κ3) is 4.34. The maximum absolute atomic E-state index is 12.8. The van der Waals surface area contributed by atoms with Crippen LogP contribution < -0.4 is 4.90 Å². The molecule has 0 spiro atoms. The topological polar surface area (TPSA) is 68.7 Å². The standard InChI is InChI=1S/C18H19ClN2O4S/c1-24-16(22)13-7-8-14(9-13)21(17-20-15(19)11-26-17)18(23)25-10-12-5-3-2-4-6-12/h2-6,11,13-14H,7-10H2,1H3/t13-,14+/m1/s1. The molecule has 0 N–H and O–H groups in total. The predicted molar refractivity (Wildman–Crippen MR) is 99.4 cm³/mol. The summed E-state index contributed by atoms with van der Waals surface area (Å²) < 4.78 is 10.3. The second-order valence-corrected chi connectivity index (χ2v) is 7.27. The van der Waals surface area contributed by atoms with Gasteiger partial charge in [0, 0.05) is 11.4 Å². The number of anilines is 1. The molecule has 8 heteroatoms. The van der Waals surface area contributed by atoms with Gasteiger partial charge in [-0.2, -0.15) is 0 Å². The van der Waals surface area contributed by atoms with E-state index in [-0.39, 0.29) is 24.5 Å². The summed E-state index contributed by atoms with van der Waals surface area (Å²) in [5, 5.41) is 2.47. The van der Waals surface area contributed by atoms with Gasteiger partial charge in [-0.25, -0.2) is 14.7 Å². The molecule has 6 nitrogen and oxygen atoms in total. The first-order chi connectivity index (χ1) is 12.6. The van der Waals surface area contributed by atoms with Crippen LogP contribution in [0.15, 0.2) is 35.7 Å². The SMILES string of the molecule is COC(=O)[C@@H]1CC[C@H](N(C(=O)OCc2ccccc2)c2nc(Cl)cs2)C1. The van der Waals surface area contributed by atoms with Gasteiger partial charge in [-0.3, -0.25) is 4.79 Å². The zero-order valence-electron chi connectivity index (χ0n) is 14.3. The zero-order valence-corrected chi connectivity index (χ0v) is 15.8. The molecular weight excluding hydrogens is 376 g/mol. The minimum absolute atomic E-state index is 0.169. The number of aromatic nitrogens is 1. The number of rotatable bonds is 5. The molecule has 0 saturated heterocycles. The maximum atomic E-state index is 12.8. The van der Waals surface area contributed by atoms with Crippen LogP contribution >= 0.6 is 22.9 Å². The number of amides is 1. The average Bonchev–Trinajstić information content (AvgIpc) is 3.30. The monoisotopic (exact) mass is 394 g/mol. The molecule has 2 aromatic rings. The number of nitrogens with zero attached hydrogens (tertiary/aromatic N) is 2. The summed E-state index contributed by atoms with van der Waals surface area (Å²) in [6.07, 6.45) is 1.37. The highest BCUT2D eigenvalue weighted by Crippen LogP contribution is 2.35. The van der Waals surface area contributed by atoms with E-state index < -0.39 is 6.09 Å². The van der Waals surface area contributed by atoms with E-state index in [0.29, 0.717) is 29.5 Å². The van der Waals surface area contributed by atoms with Crippen LogP contribution in [0.25, 0.3) is 0 Å². The quantitative estimate of drug-likeness (QED) is 0.708. The molecule has 26 heavy (non-hydrogen) atoms. The smallest absolute Gasteiger partial charge is 0.416 e. The fourth-order valence-electron chi connectivity index (χ4n) is 3.10. The predicted octanol–water partition coefficient (Wildman–Crippen LogP) is 4.28. The lowest BCUT2D eigenvalue weighted by Crippen LogP contribution is -2.39. The minimum Gasteiger partial charge on any atom is -0.469 e. The number of benzene rings is 1. The highest BCUT2D eigenvalue weighted by Gasteiger charge is 2.38. The van der Waals surface area contributed by atoms with Crippen LogP contribution in [-0.2, 0) is 20.9 Å². The molecule has 0 aliphatic heterocycles. The minimum atomic E-state index is -0.490. The summed E-state index contributed by atoms with van der Waals surface area (Å²) in [6.45, 7) is 0.169. The molecule has 1 aromatic heterocycles. The Morgan fingerprint density at radius 3 is 2.73 bits per heavy atom. The van der Waals surface area contributed by atoms with Crippen LogP contribution in [-0.4, -0.2) is 30.2 Å². The Kier molecular flexibility index (Phi) is 6.11. The summed E-state index contributed by atoms with van der Waals surface area (Å²) in [7, 11) is 1.38. The van der Waals surface area contributed by atoms with E-state index in [4.69, 9.17) is 21.1 Å². The Balaban J connectivity index is 1.73. The highest BCUT2D eigenvalue weighted by molar-refractivity contribution is 7.14. The van der Waals surface area contributed by atoms with Crippen molar-refractivity contribution < 1.29 is 19.1 Å². The number of thiazole rings is 1. The summed E-state index contributed by atoms with van der Waals surface area (Å²) in [5.41, 5.74) is 0.900. The largest absolute Gasteiger partial charge is 0.469 e. The van der Waals surface area contributed by atoms with Crippen LogP contribution in [0.4, 0.5) is 9.93 Å². The van der Waals surface area contributed by atoms with Crippen LogP contribution in [0.2, 0.25) is 5.15 Å². The number of ether oxygens (including phenoxy) is 2. The van der Waals surface area contributed by atoms with Crippen LogP contribution in [0.1, 0.15) is 24.8 Å². The third-order valence-corrected chi connectivity index (χ3v) is 5.54. The molecule has 0 radical (unpaired) electrons. The summed E-state index contributed by atoms with van der Waals surface area (Å²) in [5.74, 6) is -0.466. The Bertz CT molecular complexity index is 768. The second kappa shape index (κ2) is 8.51. The highest BCUT2D eigenvalue weighted by atomic mass is 35.5. The van der Waals surface area contributed by atoms with Crippen LogP contribution in [0.3, 0.4) is 0 Å². The van der Waals surface area contributed by atoms with Gasteiger partial charge < -0.3 is 9.47 Å². The van der Waals surface area contributed by atoms with E-state index in [9.17, 15) is 9.59 Å². The normalized spacial score (nSPS) is 19.2. The number of hydrogen-bond donors (Lipinski definition) is 0. The van der Waals surface area contributed by atoms with Gasteiger partial charge in [0.05, 0.1) is 13.0 Å². The van der Waals surface area contributed by atoms with Gasteiger partial charge in [0.15, 0.2) is 5.13 Å². The number of halogens is 1. The second-order valence-electron chi connectivity index (χ2n) is 6.05. The molecule has 1 fully saturated rings. The molecule has 2 atom stereocenters. The summed E-state index contributed by atoms with van der Waals surface area (Å²) in [6, 6.07) is 9.28. The molecule has 3 rings (SSSR count). The Morgan fingerprint density at radius 2 is 2.08 bits per heavy atom. The van der Waals surface area contributed by atoms with Gasteiger partial charge in [0.1, 0.15) is 11.8 Å². The van der Waals surface area contributed by atoms with E-state index >= 15 is 0 Å². The van der Waals surface area contributed by atoms with Crippen molar-refractivity contribution in [1.29, 1.82) is 0 Å². The van der Waals surface area contributed by atoms with Crippen molar-refractivity contribution in [3.8, 4) is 0 Å². The number of hydrogen-bond acceptors (Lipinski definition) is 6. The van der Waals surface area contributed by atoms with E-state index in [1.54, 1.807) is 5.38 Å². The van der Waals surface area contributed by atoms with E-state index in [2.05, 4.69) is 4.98 Å². The molecule has 1 aliphatic carbocycles. The Morgan fingerprint density at radius 1 is 1.31 bits per heavy atom. The van der Waals surface area contributed by atoms with E-state index in [0.717, 1.165) is 5.56 Å². The molecule has 0 bridgehead atoms. The van der Waals surface area contributed by atoms with Gasteiger partial charge in [-0.15, -0.1) is 11.3 Å².